The lowest BCUT2D eigenvalue weighted by molar-refractivity contribution is -0.195. The van der Waals surface area contributed by atoms with Gasteiger partial charge in [0.2, 0.25) is 0 Å². The number of hydrogen-bond acceptors (Lipinski definition) is 4. The van der Waals surface area contributed by atoms with E-state index in [-0.39, 0.29) is 23.8 Å². The van der Waals surface area contributed by atoms with Crippen molar-refractivity contribution in [2.45, 2.75) is 58.0 Å². The van der Waals surface area contributed by atoms with Gasteiger partial charge in [0.25, 0.3) is 0 Å². The van der Waals surface area contributed by atoms with Crippen LogP contribution in [0.3, 0.4) is 0 Å². The lowest BCUT2D eigenvalue weighted by Gasteiger charge is -2.60. The molecule has 3 unspecified atom stereocenters. The fourth-order valence-electron chi connectivity index (χ4n) is 6.08. The average Bonchev–Trinajstić information content (AvgIpc) is 3.19. The quantitative estimate of drug-likeness (QED) is 0.688. The Labute approximate surface area is 165 Å². The highest BCUT2D eigenvalue weighted by Gasteiger charge is 2.71. The van der Waals surface area contributed by atoms with Gasteiger partial charge in [-0.15, -0.1) is 0 Å². The average molecular weight is 378 g/mol. The Hall–Kier alpha value is -2.36. The zero-order valence-corrected chi connectivity index (χ0v) is 16.5. The Kier molecular flexibility index (Phi) is 4.01. The van der Waals surface area contributed by atoms with Crippen molar-refractivity contribution in [3.8, 4) is 0 Å². The SMILES string of the molecule is CCC/C=C1\OC(=O)C2=C1CCC1C2C2(OC(=O)c3ccccc32)[C@H]1CCC. The minimum Gasteiger partial charge on any atom is -0.450 e. The normalized spacial score (nSPS) is 34.1. The molecule has 0 amide bonds. The lowest BCUT2D eigenvalue weighted by Crippen LogP contribution is -2.62. The summed E-state index contributed by atoms with van der Waals surface area (Å²) in [4.78, 5) is 25.6. The highest BCUT2D eigenvalue weighted by molar-refractivity contribution is 5.98. The Balaban J connectivity index is 1.65. The Bertz CT molecular complexity index is 924. The molecule has 1 spiro atoms. The van der Waals surface area contributed by atoms with E-state index in [1.54, 1.807) is 0 Å². The topological polar surface area (TPSA) is 52.6 Å². The summed E-state index contributed by atoms with van der Waals surface area (Å²) in [5.41, 5.74) is 2.74. The van der Waals surface area contributed by atoms with Crippen LogP contribution in [0.25, 0.3) is 0 Å². The number of cyclic esters (lactones) is 1. The maximum atomic E-state index is 12.9. The molecule has 0 saturated heterocycles. The third-order valence-corrected chi connectivity index (χ3v) is 7.09. The third-order valence-electron chi connectivity index (χ3n) is 7.09. The van der Waals surface area contributed by atoms with Gasteiger partial charge in [-0.05, 0) is 43.7 Å². The number of carbonyl (C=O) groups excluding carboxylic acids is 2. The molecule has 2 aliphatic heterocycles. The van der Waals surface area contributed by atoms with Crippen LogP contribution in [0.5, 0.6) is 0 Å². The van der Waals surface area contributed by atoms with Gasteiger partial charge in [0.1, 0.15) is 11.4 Å². The maximum absolute atomic E-state index is 12.9. The zero-order chi connectivity index (χ0) is 19.5. The molecule has 0 N–H and O–H groups in total. The van der Waals surface area contributed by atoms with Crippen LogP contribution < -0.4 is 0 Å². The van der Waals surface area contributed by atoms with E-state index in [2.05, 4.69) is 13.8 Å². The monoisotopic (exact) mass is 378 g/mol. The highest BCUT2D eigenvalue weighted by Crippen LogP contribution is 2.69. The molecule has 4 aliphatic rings. The number of hydrogen-bond donors (Lipinski definition) is 0. The van der Waals surface area contributed by atoms with Gasteiger partial charge < -0.3 is 9.47 Å². The summed E-state index contributed by atoms with van der Waals surface area (Å²) in [6.07, 6.45) is 7.90. The Morgan fingerprint density at radius 1 is 1.14 bits per heavy atom. The van der Waals surface area contributed by atoms with Gasteiger partial charge >= 0.3 is 11.9 Å². The van der Waals surface area contributed by atoms with Gasteiger partial charge in [-0.1, -0.05) is 44.9 Å². The van der Waals surface area contributed by atoms with Crippen molar-refractivity contribution in [2.75, 3.05) is 0 Å². The number of carbonyl (C=O) groups is 2. The minimum atomic E-state index is -0.700. The van der Waals surface area contributed by atoms with E-state index in [4.69, 9.17) is 9.47 Å². The number of rotatable bonds is 4. The van der Waals surface area contributed by atoms with Crippen molar-refractivity contribution in [3.63, 3.8) is 0 Å². The smallest absolute Gasteiger partial charge is 0.340 e. The first-order valence-electron chi connectivity index (χ1n) is 10.6. The van der Waals surface area contributed by atoms with Crippen molar-refractivity contribution >= 4 is 11.9 Å². The van der Waals surface area contributed by atoms with E-state index in [0.717, 1.165) is 61.0 Å². The standard InChI is InChI=1S/C24H26O4/c1-3-5-11-19-16-13-12-14-17(8-4-2)24(21(14)20(16)23(26)27-19)18-10-7-6-9-15(18)22(25)28-24/h6-7,9-11,14,17,21H,3-5,8,12-13H2,1-2H3/b19-11-/t14?,17-,21?,24?/m0/s1. The van der Waals surface area contributed by atoms with Crippen molar-refractivity contribution in [1.29, 1.82) is 0 Å². The molecule has 0 bridgehead atoms. The molecule has 5 rings (SSSR count). The van der Waals surface area contributed by atoms with E-state index in [1.165, 1.54) is 0 Å². The molecule has 28 heavy (non-hydrogen) atoms. The second kappa shape index (κ2) is 6.33. The molecular formula is C24H26O4. The minimum absolute atomic E-state index is 0.0829. The molecule has 1 aromatic rings. The molecule has 2 aliphatic carbocycles. The van der Waals surface area contributed by atoms with Crippen molar-refractivity contribution in [1.82, 2.24) is 0 Å². The van der Waals surface area contributed by atoms with Crippen LogP contribution in [0.1, 0.15) is 68.3 Å². The van der Waals surface area contributed by atoms with Crippen LogP contribution >= 0.6 is 0 Å². The summed E-state index contributed by atoms with van der Waals surface area (Å²) in [5.74, 6) is 0.807. The summed E-state index contributed by atoms with van der Waals surface area (Å²) in [7, 11) is 0. The number of unbranched alkanes of at least 4 members (excludes halogenated alkanes) is 1. The van der Waals surface area contributed by atoms with Gasteiger partial charge in [0, 0.05) is 23.0 Å². The van der Waals surface area contributed by atoms with E-state index in [0.29, 0.717) is 11.5 Å². The van der Waals surface area contributed by atoms with Crippen LogP contribution in [-0.4, -0.2) is 11.9 Å². The molecule has 146 valence electrons. The third kappa shape index (κ3) is 2.12. The summed E-state index contributed by atoms with van der Waals surface area (Å²) in [5, 5.41) is 0. The number of esters is 2. The predicted octanol–water partition coefficient (Wildman–Crippen LogP) is 5.05. The van der Waals surface area contributed by atoms with Crippen LogP contribution in [0.4, 0.5) is 0 Å². The van der Waals surface area contributed by atoms with Crippen molar-refractivity contribution in [2.24, 2.45) is 17.8 Å². The van der Waals surface area contributed by atoms with Crippen LogP contribution in [0, 0.1) is 17.8 Å². The highest BCUT2D eigenvalue weighted by atomic mass is 16.6. The van der Waals surface area contributed by atoms with Gasteiger partial charge in [0.05, 0.1) is 11.1 Å². The summed E-state index contributed by atoms with van der Waals surface area (Å²) < 4.78 is 11.8. The molecule has 0 aromatic heterocycles. The van der Waals surface area contributed by atoms with Gasteiger partial charge in [0.15, 0.2) is 0 Å². The first kappa shape index (κ1) is 17.7. The zero-order valence-electron chi connectivity index (χ0n) is 16.5. The first-order chi connectivity index (χ1) is 13.6. The summed E-state index contributed by atoms with van der Waals surface area (Å²) in [6, 6.07) is 7.71. The molecule has 1 fully saturated rings. The fraction of sp³-hybridized carbons (Fsp3) is 0.500. The molecule has 1 saturated carbocycles. The number of ether oxygens (including phenoxy) is 2. The van der Waals surface area contributed by atoms with Gasteiger partial charge in [-0.2, -0.15) is 0 Å². The number of fused-ring (bicyclic) bond motifs is 5. The van der Waals surface area contributed by atoms with E-state index < -0.39 is 5.60 Å². The van der Waals surface area contributed by atoms with E-state index in [9.17, 15) is 9.59 Å². The predicted molar refractivity (Wildman–Crippen MR) is 104 cm³/mol. The van der Waals surface area contributed by atoms with E-state index >= 15 is 0 Å². The molecule has 4 atom stereocenters. The largest absolute Gasteiger partial charge is 0.450 e. The van der Waals surface area contributed by atoms with E-state index in [1.807, 2.05) is 30.3 Å². The lowest BCUT2D eigenvalue weighted by atomic mass is 9.45. The molecule has 0 radical (unpaired) electrons. The fourth-order valence-corrected chi connectivity index (χ4v) is 6.08. The Morgan fingerprint density at radius 3 is 2.75 bits per heavy atom. The van der Waals surface area contributed by atoms with Gasteiger partial charge in [-0.3, -0.25) is 0 Å². The van der Waals surface area contributed by atoms with Crippen LogP contribution in [0.2, 0.25) is 0 Å². The first-order valence-corrected chi connectivity index (χ1v) is 10.6. The molecule has 4 nitrogen and oxygen atoms in total. The van der Waals surface area contributed by atoms with Crippen LogP contribution in [0.15, 0.2) is 47.2 Å². The molecular weight excluding hydrogens is 352 g/mol. The number of allylic oxidation sites excluding steroid dienone is 2. The maximum Gasteiger partial charge on any atom is 0.340 e. The van der Waals surface area contributed by atoms with Gasteiger partial charge in [-0.25, -0.2) is 9.59 Å². The summed E-state index contributed by atoms with van der Waals surface area (Å²) >= 11 is 0. The summed E-state index contributed by atoms with van der Waals surface area (Å²) in [6.45, 7) is 4.29. The molecule has 4 heteroatoms. The Morgan fingerprint density at radius 2 is 1.96 bits per heavy atom. The number of benzene rings is 1. The van der Waals surface area contributed by atoms with Crippen LogP contribution in [-0.2, 0) is 19.9 Å². The molecule has 2 heterocycles. The second-order valence-electron chi connectivity index (χ2n) is 8.44. The second-order valence-corrected chi connectivity index (χ2v) is 8.44. The van der Waals surface area contributed by atoms with Crippen molar-refractivity contribution < 1.29 is 19.1 Å². The molecule has 1 aromatic carbocycles. The van der Waals surface area contributed by atoms with Crippen molar-refractivity contribution in [3.05, 3.63) is 58.4 Å².